The maximum atomic E-state index is 13.7. The quantitative estimate of drug-likeness (QED) is 0.401. The molecule has 1 atom stereocenters. The highest BCUT2D eigenvalue weighted by Gasteiger charge is 2.42. The molecule has 2 heterocycles. The van der Waals surface area contributed by atoms with Gasteiger partial charge >= 0.3 is 0 Å². The number of amides is 1. The highest BCUT2D eigenvalue weighted by molar-refractivity contribution is 9.10. The van der Waals surface area contributed by atoms with Crippen molar-refractivity contribution in [3.63, 3.8) is 0 Å². The number of hydrogen-bond acceptors (Lipinski definition) is 5. The van der Waals surface area contributed by atoms with E-state index in [0.717, 1.165) is 20.4 Å². The highest BCUT2D eigenvalue weighted by atomic mass is 79.9. The fraction of sp³-hybridized carbons (Fsp3) is 0.269. The third-order valence-electron chi connectivity index (χ3n) is 6.26. The van der Waals surface area contributed by atoms with Gasteiger partial charge in [-0.05, 0) is 54.7 Å². The second kappa shape index (κ2) is 8.43. The smallest absolute Gasteiger partial charge is 0.256 e. The van der Waals surface area contributed by atoms with Crippen LogP contribution in [0.4, 0.5) is 9.52 Å². The molecule has 2 aliphatic rings. The van der Waals surface area contributed by atoms with E-state index in [4.69, 9.17) is 0 Å². The number of carbonyl (C=O) groups excluding carboxylic acids is 2. The van der Waals surface area contributed by atoms with Gasteiger partial charge in [0.1, 0.15) is 5.82 Å². The molecule has 1 amide bonds. The molecule has 1 aromatic heterocycles. The Morgan fingerprint density at radius 2 is 1.94 bits per heavy atom. The Labute approximate surface area is 209 Å². The molecule has 34 heavy (non-hydrogen) atoms. The maximum absolute atomic E-state index is 13.7. The molecule has 0 saturated carbocycles. The van der Waals surface area contributed by atoms with E-state index in [9.17, 15) is 14.0 Å². The molecule has 1 aliphatic carbocycles. The molecule has 8 heteroatoms. The molecule has 0 spiro atoms. The second-order valence-electron chi connectivity index (χ2n) is 9.57. The average Bonchev–Trinajstić information content (AvgIpc) is 3.13. The number of fused-ring (bicyclic) bond motifs is 1. The van der Waals surface area contributed by atoms with Crippen molar-refractivity contribution in [1.29, 1.82) is 0 Å². The van der Waals surface area contributed by atoms with E-state index in [1.54, 1.807) is 12.1 Å². The van der Waals surface area contributed by atoms with Gasteiger partial charge in [-0.1, -0.05) is 53.2 Å². The standard InChI is InChI=1S/C26H23BrFN3O2S/c1-13-21(24(33)31-25-30-17-10-15(27)6-9-20(17)34-25)22(14-4-7-16(28)8-5-14)23-18(29-13)11-26(2,3)12-19(23)32/h4-10,22,29H,11-12H2,1-3H3,(H,30,31,33)/t22-/m0/s1. The van der Waals surface area contributed by atoms with Gasteiger partial charge in [0.2, 0.25) is 0 Å². The van der Waals surface area contributed by atoms with Crippen LogP contribution in [0, 0.1) is 11.2 Å². The van der Waals surface area contributed by atoms with Gasteiger partial charge in [-0.3, -0.25) is 14.9 Å². The minimum absolute atomic E-state index is 0.00992. The maximum Gasteiger partial charge on any atom is 0.256 e. The number of thiazole rings is 1. The fourth-order valence-electron chi connectivity index (χ4n) is 4.84. The zero-order valence-corrected chi connectivity index (χ0v) is 21.4. The third kappa shape index (κ3) is 4.20. The number of ketones is 1. The van der Waals surface area contributed by atoms with Crippen molar-refractivity contribution in [3.8, 4) is 0 Å². The Bertz CT molecular complexity index is 1410. The number of carbonyl (C=O) groups is 2. The number of nitrogens with one attached hydrogen (secondary N) is 2. The molecule has 0 bridgehead atoms. The second-order valence-corrected chi connectivity index (χ2v) is 11.5. The Morgan fingerprint density at radius 3 is 2.68 bits per heavy atom. The summed E-state index contributed by atoms with van der Waals surface area (Å²) in [5.74, 6) is -1.27. The number of aromatic nitrogens is 1. The van der Waals surface area contributed by atoms with Gasteiger partial charge < -0.3 is 5.32 Å². The molecular formula is C26H23BrFN3O2S. The first kappa shape index (κ1) is 22.9. The summed E-state index contributed by atoms with van der Waals surface area (Å²) in [5, 5.41) is 6.76. The van der Waals surface area contributed by atoms with Crippen LogP contribution >= 0.6 is 27.3 Å². The van der Waals surface area contributed by atoms with Gasteiger partial charge in [0.15, 0.2) is 10.9 Å². The number of dihydropyridines is 1. The predicted molar refractivity (Wildman–Crippen MR) is 136 cm³/mol. The summed E-state index contributed by atoms with van der Waals surface area (Å²) in [6.45, 7) is 5.97. The number of anilines is 1. The van der Waals surface area contributed by atoms with Crippen LogP contribution in [0.5, 0.6) is 0 Å². The molecule has 0 unspecified atom stereocenters. The molecule has 174 valence electrons. The molecule has 5 nitrogen and oxygen atoms in total. The van der Waals surface area contributed by atoms with Crippen LogP contribution in [0.3, 0.4) is 0 Å². The lowest BCUT2D eigenvalue weighted by Crippen LogP contribution is -2.39. The summed E-state index contributed by atoms with van der Waals surface area (Å²) in [6, 6.07) is 11.8. The van der Waals surface area contributed by atoms with Crippen molar-refractivity contribution in [2.45, 2.75) is 39.5 Å². The molecule has 3 aromatic rings. The third-order valence-corrected chi connectivity index (χ3v) is 7.70. The number of Topliss-reactive ketones (excluding diaryl/α,β-unsaturated/α-hetero) is 1. The zero-order valence-electron chi connectivity index (χ0n) is 19.0. The topological polar surface area (TPSA) is 71.1 Å². The van der Waals surface area contributed by atoms with Crippen molar-refractivity contribution < 1.29 is 14.0 Å². The zero-order chi connectivity index (χ0) is 24.2. The number of halogens is 2. The number of benzene rings is 2. The first-order valence-electron chi connectivity index (χ1n) is 11.0. The monoisotopic (exact) mass is 539 g/mol. The number of hydrogen-bond donors (Lipinski definition) is 2. The minimum Gasteiger partial charge on any atom is -0.362 e. The summed E-state index contributed by atoms with van der Waals surface area (Å²) in [4.78, 5) is 31.5. The molecular weight excluding hydrogens is 517 g/mol. The normalized spacial score (nSPS) is 19.8. The molecule has 0 fully saturated rings. The molecule has 5 rings (SSSR count). The summed E-state index contributed by atoms with van der Waals surface area (Å²) >= 11 is 4.83. The van der Waals surface area contributed by atoms with E-state index in [2.05, 4.69) is 45.4 Å². The van der Waals surface area contributed by atoms with E-state index in [-0.39, 0.29) is 22.9 Å². The largest absolute Gasteiger partial charge is 0.362 e. The van der Waals surface area contributed by atoms with Gasteiger partial charge in [-0.15, -0.1) is 0 Å². The average molecular weight is 540 g/mol. The van der Waals surface area contributed by atoms with E-state index in [0.29, 0.717) is 40.4 Å². The Kier molecular flexibility index (Phi) is 5.68. The Morgan fingerprint density at radius 1 is 1.21 bits per heavy atom. The van der Waals surface area contributed by atoms with E-state index in [1.165, 1.54) is 23.5 Å². The highest BCUT2D eigenvalue weighted by Crippen LogP contribution is 2.46. The van der Waals surface area contributed by atoms with Crippen LogP contribution in [0.1, 0.15) is 45.1 Å². The van der Waals surface area contributed by atoms with E-state index in [1.807, 2.05) is 25.1 Å². The van der Waals surface area contributed by atoms with E-state index < -0.39 is 5.92 Å². The Balaban J connectivity index is 1.57. The lowest BCUT2D eigenvalue weighted by Gasteiger charge is -2.39. The summed E-state index contributed by atoms with van der Waals surface area (Å²) in [5.41, 5.74) is 3.88. The van der Waals surface area contributed by atoms with Crippen LogP contribution in [-0.2, 0) is 9.59 Å². The van der Waals surface area contributed by atoms with Crippen molar-refractivity contribution in [2.24, 2.45) is 5.41 Å². The van der Waals surface area contributed by atoms with Crippen molar-refractivity contribution in [3.05, 3.63) is 80.9 Å². The van der Waals surface area contributed by atoms with Crippen LogP contribution in [-0.4, -0.2) is 16.7 Å². The summed E-state index contributed by atoms with van der Waals surface area (Å²) in [7, 11) is 0. The predicted octanol–water partition coefficient (Wildman–Crippen LogP) is 6.44. The Hall–Kier alpha value is -2.84. The number of allylic oxidation sites excluding steroid dienone is 3. The van der Waals surface area contributed by atoms with Crippen molar-refractivity contribution >= 4 is 54.3 Å². The molecule has 0 saturated heterocycles. The molecule has 0 radical (unpaired) electrons. The lowest BCUT2D eigenvalue weighted by atomic mass is 9.68. The molecule has 1 aliphatic heterocycles. The van der Waals surface area contributed by atoms with Crippen molar-refractivity contribution in [1.82, 2.24) is 10.3 Å². The van der Waals surface area contributed by atoms with Crippen LogP contribution in [0.15, 0.2) is 69.5 Å². The first-order valence-corrected chi connectivity index (χ1v) is 12.6. The van der Waals surface area contributed by atoms with Gasteiger partial charge in [0.25, 0.3) is 5.91 Å². The SMILES string of the molecule is CC1=C(C(=O)Nc2nc3cc(Br)ccc3s2)[C@H](c2ccc(F)cc2)C2=C(CC(C)(C)CC2=O)N1. The van der Waals surface area contributed by atoms with E-state index >= 15 is 0 Å². The van der Waals surface area contributed by atoms with Gasteiger partial charge in [-0.25, -0.2) is 9.37 Å². The lowest BCUT2D eigenvalue weighted by molar-refractivity contribution is -0.118. The molecule has 2 N–H and O–H groups in total. The van der Waals surface area contributed by atoms with Gasteiger partial charge in [-0.2, -0.15) is 0 Å². The van der Waals surface area contributed by atoms with Gasteiger partial charge in [0.05, 0.1) is 10.2 Å². The fourth-order valence-corrected chi connectivity index (χ4v) is 6.03. The number of rotatable bonds is 3. The number of nitrogens with zero attached hydrogens (tertiary/aromatic N) is 1. The first-order chi connectivity index (χ1) is 16.1. The van der Waals surface area contributed by atoms with Crippen molar-refractivity contribution in [2.75, 3.05) is 5.32 Å². The van der Waals surface area contributed by atoms with Gasteiger partial charge in [0, 0.05) is 39.4 Å². The molecule has 2 aromatic carbocycles. The minimum atomic E-state index is -0.580. The van der Waals surface area contributed by atoms with Crippen LogP contribution < -0.4 is 10.6 Å². The van der Waals surface area contributed by atoms with Crippen LogP contribution in [0.2, 0.25) is 0 Å². The van der Waals surface area contributed by atoms with Crippen LogP contribution in [0.25, 0.3) is 10.2 Å². The summed E-state index contributed by atoms with van der Waals surface area (Å²) in [6.07, 6.45) is 1.09. The summed E-state index contributed by atoms with van der Waals surface area (Å²) < 4.78 is 15.6.